The van der Waals surface area contributed by atoms with Crippen molar-refractivity contribution in [1.82, 2.24) is 5.32 Å². The average molecular weight is 339 g/mol. The number of aryl methyl sites for hydroxylation is 2. The molecule has 0 heterocycles. The van der Waals surface area contributed by atoms with Gasteiger partial charge in [-0.15, -0.1) is 0 Å². The minimum absolute atomic E-state index is 0.0424. The zero-order valence-electron chi connectivity index (χ0n) is 14.9. The molecule has 1 atom stereocenters. The lowest BCUT2D eigenvalue weighted by Crippen LogP contribution is -2.36. The van der Waals surface area contributed by atoms with E-state index in [4.69, 9.17) is 9.47 Å². The Morgan fingerprint density at radius 2 is 1.72 bits per heavy atom. The van der Waals surface area contributed by atoms with Crippen LogP contribution in [0.2, 0.25) is 0 Å². The Balaban J connectivity index is 1.53. The Hall–Kier alpha value is -2.49. The summed E-state index contributed by atoms with van der Waals surface area (Å²) >= 11 is 0. The molecule has 1 aliphatic carbocycles. The average Bonchev–Trinajstić information content (AvgIpc) is 2.66. The highest BCUT2D eigenvalue weighted by Crippen LogP contribution is 2.22. The molecule has 0 saturated carbocycles. The molecule has 1 aliphatic rings. The maximum Gasteiger partial charge on any atom is 0.251 e. The van der Waals surface area contributed by atoms with Gasteiger partial charge in [0.1, 0.15) is 18.1 Å². The SMILES string of the molecule is COc1ccc(OC[C@@H](C)NC(=O)c2ccc3c(c2)CCCC3)cc1. The fraction of sp³-hybridized carbons (Fsp3) is 0.381. The van der Waals surface area contributed by atoms with Crippen LogP contribution in [0.25, 0.3) is 0 Å². The summed E-state index contributed by atoms with van der Waals surface area (Å²) < 4.78 is 10.8. The van der Waals surface area contributed by atoms with Gasteiger partial charge in [-0.1, -0.05) is 6.07 Å². The fourth-order valence-corrected chi connectivity index (χ4v) is 3.12. The van der Waals surface area contributed by atoms with E-state index < -0.39 is 0 Å². The summed E-state index contributed by atoms with van der Waals surface area (Å²) in [5.74, 6) is 1.51. The van der Waals surface area contributed by atoms with E-state index in [1.165, 1.54) is 24.0 Å². The van der Waals surface area contributed by atoms with Crippen molar-refractivity contribution in [3.63, 3.8) is 0 Å². The minimum Gasteiger partial charge on any atom is -0.497 e. The van der Waals surface area contributed by atoms with E-state index in [-0.39, 0.29) is 11.9 Å². The third kappa shape index (κ3) is 4.53. The fourth-order valence-electron chi connectivity index (χ4n) is 3.12. The highest BCUT2D eigenvalue weighted by Gasteiger charge is 2.14. The van der Waals surface area contributed by atoms with E-state index in [1.807, 2.05) is 43.3 Å². The topological polar surface area (TPSA) is 47.6 Å². The molecule has 132 valence electrons. The molecular formula is C21H25NO3. The van der Waals surface area contributed by atoms with Gasteiger partial charge in [-0.05, 0) is 80.1 Å². The largest absolute Gasteiger partial charge is 0.497 e. The lowest BCUT2D eigenvalue weighted by molar-refractivity contribution is 0.0926. The molecule has 4 heteroatoms. The molecule has 1 N–H and O–H groups in total. The van der Waals surface area contributed by atoms with Gasteiger partial charge in [0.2, 0.25) is 0 Å². The smallest absolute Gasteiger partial charge is 0.251 e. The van der Waals surface area contributed by atoms with Gasteiger partial charge >= 0.3 is 0 Å². The maximum absolute atomic E-state index is 12.5. The standard InChI is InChI=1S/C21H25NO3/c1-15(14-25-20-11-9-19(24-2)10-12-20)22-21(23)18-8-7-16-5-3-4-6-17(16)13-18/h7-13,15H,3-6,14H2,1-2H3,(H,22,23)/t15-/m1/s1. The molecular weight excluding hydrogens is 314 g/mol. The van der Waals surface area contributed by atoms with E-state index in [0.717, 1.165) is 29.9 Å². The molecule has 0 unspecified atom stereocenters. The number of rotatable bonds is 6. The van der Waals surface area contributed by atoms with Gasteiger partial charge in [0.25, 0.3) is 5.91 Å². The maximum atomic E-state index is 12.5. The Labute approximate surface area is 149 Å². The van der Waals surface area contributed by atoms with Crippen molar-refractivity contribution in [1.29, 1.82) is 0 Å². The van der Waals surface area contributed by atoms with Crippen LogP contribution in [0.4, 0.5) is 0 Å². The lowest BCUT2D eigenvalue weighted by Gasteiger charge is -2.18. The van der Waals surface area contributed by atoms with E-state index >= 15 is 0 Å². The number of fused-ring (bicyclic) bond motifs is 1. The molecule has 0 radical (unpaired) electrons. The monoisotopic (exact) mass is 339 g/mol. The van der Waals surface area contributed by atoms with Crippen molar-refractivity contribution in [2.45, 2.75) is 38.6 Å². The molecule has 0 spiro atoms. The number of amides is 1. The second kappa shape index (κ2) is 8.06. The predicted octanol–water partition coefficient (Wildman–Crippen LogP) is 3.77. The van der Waals surface area contributed by atoms with Crippen molar-refractivity contribution in [3.8, 4) is 11.5 Å². The predicted molar refractivity (Wildman–Crippen MR) is 98.5 cm³/mol. The third-order valence-corrected chi connectivity index (χ3v) is 4.55. The van der Waals surface area contributed by atoms with Crippen LogP contribution < -0.4 is 14.8 Å². The summed E-state index contributed by atoms with van der Waals surface area (Å²) in [6.07, 6.45) is 4.67. The zero-order chi connectivity index (χ0) is 17.6. The Bertz CT molecular complexity index is 724. The first kappa shape index (κ1) is 17.3. The van der Waals surface area contributed by atoms with Crippen LogP contribution in [-0.2, 0) is 12.8 Å². The molecule has 0 bridgehead atoms. The summed E-state index contributed by atoms with van der Waals surface area (Å²) in [6, 6.07) is 13.4. The second-order valence-electron chi connectivity index (χ2n) is 6.55. The molecule has 1 amide bonds. The van der Waals surface area contributed by atoms with Gasteiger partial charge in [0.15, 0.2) is 0 Å². The third-order valence-electron chi connectivity index (χ3n) is 4.55. The highest BCUT2D eigenvalue weighted by molar-refractivity contribution is 5.94. The molecule has 0 fully saturated rings. The lowest BCUT2D eigenvalue weighted by atomic mass is 9.90. The zero-order valence-corrected chi connectivity index (χ0v) is 14.9. The van der Waals surface area contributed by atoms with E-state index in [1.54, 1.807) is 7.11 Å². The number of nitrogens with one attached hydrogen (secondary N) is 1. The highest BCUT2D eigenvalue weighted by atomic mass is 16.5. The van der Waals surface area contributed by atoms with E-state index in [9.17, 15) is 4.79 Å². The van der Waals surface area contributed by atoms with Gasteiger partial charge in [-0.25, -0.2) is 0 Å². The number of benzene rings is 2. The first-order valence-corrected chi connectivity index (χ1v) is 8.85. The molecule has 2 aromatic rings. The van der Waals surface area contributed by atoms with Crippen LogP contribution >= 0.6 is 0 Å². The van der Waals surface area contributed by atoms with Gasteiger partial charge < -0.3 is 14.8 Å². The molecule has 4 nitrogen and oxygen atoms in total. The Morgan fingerprint density at radius 1 is 1.04 bits per heavy atom. The van der Waals surface area contributed by atoms with Gasteiger partial charge in [-0.3, -0.25) is 4.79 Å². The number of ether oxygens (including phenoxy) is 2. The number of carbonyl (C=O) groups excluding carboxylic acids is 1. The van der Waals surface area contributed by atoms with Crippen LogP contribution in [0, 0.1) is 0 Å². The molecule has 0 saturated heterocycles. The number of hydrogen-bond acceptors (Lipinski definition) is 3. The Kier molecular flexibility index (Phi) is 5.59. The minimum atomic E-state index is -0.0781. The number of methoxy groups -OCH3 is 1. The number of carbonyl (C=O) groups is 1. The Morgan fingerprint density at radius 3 is 2.44 bits per heavy atom. The van der Waals surface area contributed by atoms with Gasteiger partial charge in [0.05, 0.1) is 13.2 Å². The van der Waals surface area contributed by atoms with Crippen LogP contribution in [0.5, 0.6) is 11.5 Å². The van der Waals surface area contributed by atoms with Crippen LogP contribution in [0.1, 0.15) is 41.3 Å². The molecule has 2 aromatic carbocycles. The van der Waals surface area contributed by atoms with E-state index in [2.05, 4.69) is 11.4 Å². The van der Waals surface area contributed by atoms with Gasteiger partial charge in [0, 0.05) is 5.56 Å². The summed E-state index contributed by atoms with van der Waals surface area (Å²) in [4.78, 5) is 12.5. The quantitative estimate of drug-likeness (QED) is 0.871. The van der Waals surface area contributed by atoms with Crippen molar-refractivity contribution in [3.05, 3.63) is 59.2 Å². The number of hydrogen-bond donors (Lipinski definition) is 1. The van der Waals surface area contributed by atoms with Crippen molar-refractivity contribution >= 4 is 5.91 Å². The summed E-state index contributed by atoms with van der Waals surface area (Å²) in [6.45, 7) is 2.36. The molecule has 0 aromatic heterocycles. The van der Waals surface area contributed by atoms with Crippen LogP contribution in [0.15, 0.2) is 42.5 Å². The van der Waals surface area contributed by atoms with Gasteiger partial charge in [-0.2, -0.15) is 0 Å². The van der Waals surface area contributed by atoms with Crippen molar-refractivity contribution in [2.75, 3.05) is 13.7 Å². The summed E-state index contributed by atoms with van der Waals surface area (Å²) in [5, 5.41) is 3.01. The first-order chi connectivity index (χ1) is 12.2. The second-order valence-corrected chi connectivity index (χ2v) is 6.55. The summed E-state index contributed by atoms with van der Waals surface area (Å²) in [7, 11) is 1.63. The van der Waals surface area contributed by atoms with Crippen LogP contribution in [0.3, 0.4) is 0 Å². The van der Waals surface area contributed by atoms with E-state index in [0.29, 0.717) is 6.61 Å². The normalized spacial score (nSPS) is 14.3. The molecule has 25 heavy (non-hydrogen) atoms. The summed E-state index contributed by atoms with van der Waals surface area (Å²) in [5.41, 5.74) is 3.44. The first-order valence-electron chi connectivity index (χ1n) is 8.85. The molecule has 0 aliphatic heterocycles. The van der Waals surface area contributed by atoms with Crippen molar-refractivity contribution < 1.29 is 14.3 Å². The van der Waals surface area contributed by atoms with Crippen LogP contribution in [-0.4, -0.2) is 25.7 Å². The van der Waals surface area contributed by atoms with Crippen molar-refractivity contribution in [2.24, 2.45) is 0 Å². The molecule has 3 rings (SSSR count).